The van der Waals surface area contributed by atoms with Crippen LogP contribution in [0, 0.1) is 15.9 Å². The lowest BCUT2D eigenvalue weighted by Gasteiger charge is -2.24. The van der Waals surface area contributed by atoms with E-state index >= 15 is 0 Å². The fourth-order valence-corrected chi connectivity index (χ4v) is 3.98. The van der Waals surface area contributed by atoms with Crippen LogP contribution >= 0.6 is 22.9 Å². The molecule has 1 aliphatic rings. The number of nitro benzene ring substituents is 1. The van der Waals surface area contributed by atoms with Crippen molar-refractivity contribution in [2.45, 2.75) is 25.3 Å². The number of hydrogen-bond donors (Lipinski definition) is 1. The van der Waals surface area contributed by atoms with Gasteiger partial charge in [-0.05, 0) is 37.0 Å². The molecular formula is C14H12ClFN2O2S. The highest BCUT2D eigenvalue weighted by molar-refractivity contribution is 7.16. The van der Waals surface area contributed by atoms with Crippen LogP contribution < -0.4 is 5.32 Å². The minimum Gasteiger partial charge on any atom is -0.376 e. The summed E-state index contributed by atoms with van der Waals surface area (Å²) in [6.07, 6.45) is 2.81. The average Bonchev–Trinajstić information content (AvgIpc) is 2.82. The number of non-ortho nitro benzene ring substituents is 1. The van der Waals surface area contributed by atoms with Crippen molar-refractivity contribution in [3.05, 3.63) is 55.0 Å². The third-order valence-electron chi connectivity index (χ3n) is 3.57. The van der Waals surface area contributed by atoms with Crippen molar-refractivity contribution in [1.82, 2.24) is 0 Å². The molecule has 0 amide bonds. The molecule has 4 nitrogen and oxygen atoms in total. The highest BCUT2D eigenvalue weighted by Crippen LogP contribution is 2.40. The van der Waals surface area contributed by atoms with Crippen molar-refractivity contribution < 1.29 is 9.31 Å². The van der Waals surface area contributed by atoms with Gasteiger partial charge in [0, 0.05) is 17.0 Å². The lowest BCUT2D eigenvalue weighted by molar-refractivity contribution is -0.384. The molecule has 3 rings (SSSR count). The monoisotopic (exact) mass is 326 g/mol. The molecule has 1 atom stereocenters. The summed E-state index contributed by atoms with van der Waals surface area (Å²) in [5.74, 6) is -0.492. The van der Waals surface area contributed by atoms with Gasteiger partial charge in [0.1, 0.15) is 5.82 Å². The molecule has 0 spiro atoms. The summed E-state index contributed by atoms with van der Waals surface area (Å²) in [5, 5.41) is 13.9. The number of hydrogen-bond acceptors (Lipinski definition) is 4. The first kappa shape index (κ1) is 14.3. The van der Waals surface area contributed by atoms with Crippen LogP contribution in [0.25, 0.3) is 0 Å². The second kappa shape index (κ2) is 5.61. The molecule has 110 valence electrons. The number of nitrogens with one attached hydrogen (secondary N) is 1. The van der Waals surface area contributed by atoms with E-state index in [1.165, 1.54) is 10.9 Å². The van der Waals surface area contributed by atoms with Gasteiger partial charge in [-0.25, -0.2) is 4.39 Å². The molecule has 1 N–H and O–H groups in total. The summed E-state index contributed by atoms with van der Waals surface area (Å²) in [6, 6.07) is 5.35. The predicted molar refractivity (Wildman–Crippen MR) is 81.7 cm³/mol. The van der Waals surface area contributed by atoms with E-state index < -0.39 is 10.7 Å². The maximum Gasteiger partial charge on any atom is 0.271 e. The summed E-state index contributed by atoms with van der Waals surface area (Å²) in [6.45, 7) is 0. The maximum atomic E-state index is 13.9. The largest absolute Gasteiger partial charge is 0.376 e. The van der Waals surface area contributed by atoms with Gasteiger partial charge in [0.05, 0.1) is 21.0 Å². The zero-order valence-electron chi connectivity index (χ0n) is 10.9. The number of fused-ring (bicyclic) bond motifs is 1. The minimum atomic E-state index is -0.529. The number of thiophene rings is 1. The smallest absolute Gasteiger partial charge is 0.271 e. The molecule has 0 bridgehead atoms. The highest BCUT2D eigenvalue weighted by Gasteiger charge is 2.24. The Bertz CT molecular complexity index is 704. The first-order valence-corrected chi connectivity index (χ1v) is 7.72. The Morgan fingerprint density at radius 2 is 2.24 bits per heavy atom. The van der Waals surface area contributed by atoms with Gasteiger partial charge >= 0.3 is 0 Å². The normalized spacial score (nSPS) is 17.3. The first-order valence-electron chi connectivity index (χ1n) is 6.53. The highest BCUT2D eigenvalue weighted by atomic mass is 35.5. The number of rotatable bonds is 3. The van der Waals surface area contributed by atoms with Crippen LogP contribution in [0.2, 0.25) is 4.34 Å². The standard InChI is InChI=1S/C14H12ClFN2O2S/c15-14-7-9-11(2-1-3-13(9)21-14)17-12-6-8(18(19)20)4-5-10(12)16/h4-7,11,17H,1-3H2. The summed E-state index contributed by atoms with van der Waals surface area (Å²) in [5.41, 5.74) is 1.10. The quantitative estimate of drug-likeness (QED) is 0.642. The Balaban J connectivity index is 1.91. The van der Waals surface area contributed by atoms with Crippen molar-refractivity contribution in [1.29, 1.82) is 0 Å². The number of anilines is 1. The van der Waals surface area contributed by atoms with E-state index in [-0.39, 0.29) is 17.4 Å². The van der Waals surface area contributed by atoms with Crippen molar-refractivity contribution in [3.8, 4) is 0 Å². The van der Waals surface area contributed by atoms with Crippen molar-refractivity contribution >= 4 is 34.3 Å². The third kappa shape index (κ3) is 2.87. The molecule has 0 fully saturated rings. The molecule has 21 heavy (non-hydrogen) atoms. The first-order chi connectivity index (χ1) is 10.0. The van der Waals surface area contributed by atoms with E-state index in [1.54, 1.807) is 11.3 Å². The predicted octanol–water partition coefficient (Wildman–Crippen LogP) is 4.94. The van der Waals surface area contributed by atoms with Crippen LogP contribution in [-0.2, 0) is 6.42 Å². The molecule has 1 heterocycles. The average molecular weight is 327 g/mol. The van der Waals surface area contributed by atoms with E-state index in [1.807, 2.05) is 6.07 Å². The lowest BCUT2D eigenvalue weighted by atomic mass is 9.94. The molecule has 1 aromatic heterocycles. The second-order valence-corrected chi connectivity index (χ2v) is 6.71. The van der Waals surface area contributed by atoms with Crippen LogP contribution in [0.5, 0.6) is 0 Å². The van der Waals surface area contributed by atoms with E-state index in [2.05, 4.69) is 5.32 Å². The second-order valence-electron chi connectivity index (χ2n) is 4.94. The molecule has 0 radical (unpaired) electrons. The van der Waals surface area contributed by atoms with Crippen LogP contribution in [0.1, 0.15) is 29.3 Å². The fourth-order valence-electron chi connectivity index (χ4n) is 2.60. The minimum absolute atomic E-state index is 0.0611. The molecule has 1 aliphatic carbocycles. The van der Waals surface area contributed by atoms with Crippen LogP contribution in [-0.4, -0.2) is 4.92 Å². The van der Waals surface area contributed by atoms with Gasteiger partial charge < -0.3 is 5.32 Å². The molecule has 2 aromatic rings. The van der Waals surface area contributed by atoms with E-state index in [0.29, 0.717) is 4.34 Å². The van der Waals surface area contributed by atoms with E-state index in [0.717, 1.165) is 37.0 Å². The Kier molecular flexibility index (Phi) is 3.82. The van der Waals surface area contributed by atoms with Crippen molar-refractivity contribution in [2.75, 3.05) is 5.32 Å². The van der Waals surface area contributed by atoms with Crippen LogP contribution in [0.3, 0.4) is 0 Å². The van der Waals surface area contributed by atoms with Gasteiger partial charge in [-0.3, -0.25) is 10.1 Å². The zero-order valence-corrected chi connectivity index (χ0v) is 12.5. The molecule has 0 aliphatic heterocycles. The summed E-state index contributed by atoms with van der Waals surface area (Å²) < 4.78 is 14.6. The van der Waals surface area contributed by atoms with E-state index in [9.17, 15) is 14.5 Å². The molecule has 0 saturated carbocycles. The van der Waals surface area contributed by atoms with Gasteiger partial charge in [-0.15, -0.1) is 11.3 Å². The Morgan fingerprint density at radius 1 is 1.43 bits per heavy atom. The molecular weight excluding hydrogens is 315 g/mol. The number of nitro groups is 1. The zero-order chi connectivity index (χ0) is 15.0. The lowest BCUT2D eigenvalue weighted by Crippen LogP contribution is -2.16. The Labute approximate surface area is 129 Å². The molecule has 1 aromatic carbocycles. The number of aryl methyl sites for hydroxylation is 1. The Hall–Kier alpha value is -1.66. The third-order valence-corrected chi connectivity index (χ3v) is 4.91. The SMILES string of the molecule is O=[N+]([O-])c1ccc(F)c(NC2CCCc3sc(Cl)cc32)c1. The summed E-state index contributed by atoms with van der Waals surface area (Å²) in [7, 11) is 0. The van der Waals surface area contributed by atoms with Crippen LogP contribution in [0.15, 0.2) is 24.3 Å². The van der Waals surface area contributed by atoms with Crippen molar-refractivity contribution in [3.63, 3.8) is 0 Å². The van der Waals surface area contributed by atoms with Gasteiger partial charge in [0.2, 0.25) is 0 Å². The Morgan fingerprint density at radius 3 is 3.00 bits per heavy atom. The molecule has 7 heteroatoms. The van der Waals surface area contributed by atoms with Gasteiger partial charge in [0.15, 0.2) is 0 Å². The topological polar surface area (TPSA) is 55.2 Å². The molecule has 0 saturated heterocycles. The number of nitrogens with zero attached hydrogens (tertiary/aromatic N) is 1. The summed E-state index contributed by atoms with van der Waals surface area (Å²) >= 11 is 7.58. The maximum absolute atomic E-state index is 13.9. The summed E-state index contributed by atoms with van der Waals surface area (Å²) in [4.78, 5) is 11.5. The van der Waals surface area contributed by atoms with Gasteiger partial charge in [0.25, 0.3) is 5.69 Å². The van der Waals surface area contributed by atoms with Gasteiger partial charge in [-0.1, -0.05) is 11.6 Å². The molecule has 1 unspecified atom stereocenters. The van der Waals surface area contributed by atoms with Crippen molar-refractivity contribution in [2.24, 2.45) is 0 Å². The number of benzene rings is 1. The number of halogens is 2. The fraction of sp³-hybridized carbons (Fsp3) is 0.286. The van der Waals surface area contributed by atoms with E-state index in [4.69, 9.17) is 11.6 Å². The van der Waals surface area contributed by atoms with Crippen LogP contribution in [0.4, 0.5) is 15.8 Å². The van der Waals surface area contributed by atoms with Gasteiger partial charge in [-0.2, -0.15) is 0 Å².